The molecule has 76 valence electrons. The molecule has 0 unspecified atom stereocenters. The highest BCUT2D eigenvalue weighted by atomic mass is 32.2. The Morgan fingerprint density at radius 3 is 2.14 bits per heavy atom. The van der Waals surface area contributed by atoms with Crippen LogP contribution in [0.2, 0.25) is 0 Å². The van der Waals surface area contributed by atoms with E-state index < -0.39 is 9.84 Å². The van der Waals surface area contributed by atoms with Gasteiger partial charge in [-0.2, -0.15) is 0 Å². The first-order chi connectivity index (χ1) is 6.42. The van der Waals surface area contributed by atoms with Crippen LogP contribution in [0.4, 0.5) is 0 Å². The summed E-state index contributed by atoms with van der Waals surface area (Å²) in [6.07, 6.45) is 0. The summed E-state index contributed by atoms with van der Waals surface area (Å²) in [7, 11) is -3.49. The minimum absolute atomic E-state index is 0.191. The van der Waals surface area contributed by atoms with Gasteiger partial charge in [0, 0.05) is 0 Å². The second kappa shape index (κ2) is 3.71. The van der Waals surface area contributed by atoms with Crippen molar-refractivity contribution in [3.8, 4) is 0 Å². The molecule has 0 saturated carbocycles. The average Bonchev–Trinajstić information content (AvgIpc) is 2.02. The first-order valence-electron chi connectivity index (χ1n) is 3.96. The topological polar surface area (TPSA) is 86.2 Å². The van der Waals surface area contributed by atoms with E-state index in [1.54, 1.807) is 12.1 Å². The van der Waals surface area contributed by atoms with Gasteiger partial charge >= 0.3 is 0 Å². The van der Waals surface area contributed by atoms with E-state index in [4.69, 9.17) is 11.5 Å². The largest absolute Gasteiger partial charge is 0.385 e. The van der Waals surface area contributed by atoms with Gasteiger partial charge in [-0.15, -0.1) is 0 Å². The molecule has 0 aliphatic rings. The summed E-state index contributed by atoms with van der Waals surface area (Å²) < 4.78 is 23.0. The van der Waals surface area contributed by atoms with Crippen molar-refractivity contribution in [2.45, 2.75) is 11.8 Å². The molecule has 1 aromatic carbocycles. The SMILES string of the molecule is Cc1ccc(S(=O)(=O)C=C(N)N)cc1. The van der Waals surface area contributed by atoms with Crippen molar-refractivity contribution in [2.75, 3.05) is 0 Å². The summed E-state index contributed by atoms with van der Waals surface area (Å²) in [6, 6.07) is 6.47. The number of benzene rings is 1. The molecule has 0 bridgehead atoms. The van der Waals surface area contributed by atoms with Crippen LogP contribution in [0.5, 0.6) is 0 Å². The number of aryl methyl sites for hydroxylation is 1. The monoisotopic (exact) mass is 212 g/mol. The highest BCUT2D eigenvalue weighted by molar-refractivity contribution is 7.94. The lowest BCUT2D eigenvalue weighted by Crippen LogP contribution is -2.11. The molecule has 0 atom stereocenters. The molecule has 0 spiro atoms. The van der Waals surface area contributed by atoms with Crippen LogP contribution in [-0.2, 0) is 9.84 Å². The molecule has 5 heteroatoms. The minimum atomic E-state index is -3.49. The van der Waals surface area contributed by atoms with Crippen LogP contribution in [0, 0.1) is 6.92 Å². The van der Waals surface area contributed by atoms with E-state index in [0.29, 0.717) is 0 Å². The first-order valence-corrected chi connectivity index (χ1v) is 5.51. The van der Waals surface area contributed by atoms with Gasteiger partial charge in [-0.05, 0) is 19.1 Å². The molecule has 0 saturated heterocycles. The van der Waals surface area contributed by atoms with E-state index in [9.17, 15) is 8.42 Å². The molecular weight excluding hydrogens is 200 g/mol. The zero-order chi connectivity index (χ0) is 10.8. The zero-order valence-corrected chi connectivity index (χ0v) is 8.58. The molecule has 0 amide bonds. The molecular formula is C9H12N2O2S. The fourth-order valence-electron chi connectivity index (χ4n) is 0.975. The third-order valence-electron chi connectivity index (χ3n) is 1.64. The molecule has 0 aromatic heterocycles. The molecule has 14 heavy (non-hydrogen) atoms. The highest BCUT2D eigenvalue weighted by Gasteiger charge is 2.10. The van der Waals surface area contributed by atoms with E-state index in [1.807, 2.05) is 6.92 Å². The Balaban J connectivity index is 3.18. The number of hydrogen-bond donors (Lipinski definition) is 2. The molecule has 0 aliphatic heterocycles. The van der Waals surface area contributed by atoms with Crippen molar-refractivity contribution < 1.29 is 8.42 Å². The lowest BCUT2D eigenvalue weighted by atomic mass is 10.2. The molecule has 4 N–H and O–H groups in total. The zero-order valence-electron chi connectivity index (χ0n) is 7.77. The summed E-state index contributed by atoms with van der Waals surface area (Å²) in [4.78, 5) is 0.191. The molecule has 1 aromatic rings. The van der Waals surface area contributed by atoms with E-state index in [0.717, 1.165) is 11.0 Å². The fourth-order valence-corrected chi connectivity index (χ4v) is 1.98. The van der Waals surface area contributed by atoms with Gasteiger partial charge in [-0.25, -0.2) is 8.42 Å². The van der Waals surface area contributed by atoms with Crippen LogP contribution < -0.4 is 11.5 Å². The summed E-state index contributed by atoms with van der Waals surface area (Å²) >= 11 is 0. The van der Waals surface area contributed by atoms with Gasteiger partial charge in [-0.3, -0.25) is 0 Å². The molecule has 0 radical (unpaired) electrons. The normalized spacial score (nSPS) is 10.9. The van der Waals surface area contributed by atoms with Gasteiger partial charge in [0.15, 0.2) is 0 Å². The number of nitrogens with two attached hydrogens (primary N) is 2. The predicted octanol–water partition coefficient (Wildman–Crippen LogP) is 0.485. The van der Waals surface area contributed by atoms with Gasteiger partial charge < -0.3 is 11.5 Å². The lowest BCUT2D eigenvalue weighted by Gasteiger charge is -1.99. The summed E-state index contributed by atoms with van der Waals surface area (Å²) in [5.74, 6) is -0.217. The van der Waals surface area contributed by atoms with Crippen molar-refractivity contribution in [3.05, 3.63) is 41.1 Å². The quantitative estimate of drug-likeness (QED) is 0.746. The Morgan fingerprint density at radius 2 is 1.71 bits per heavy atom. The third-order valence-corrected chi connectivity index (χ3v) is 3.15. The van der Waals surface area contributed by atoms with E-state index in [1.165, 1.54) is 12.1 Å². The van der Waals surface area contributed by atoms with Crippen molar-refractivity contribution in [3.63, 3.8) is 0 Å². The maximum atomic E-state index is 11.5. The maximum Gasteiger partial charge on any atom is 0.203 e. The predicted molar refractivity (Wildman–Crippen MR) is 54.8 cm³/mol. The number of rotatable bonds is 2. The van der Waals surface area contributed by atoms with Crippen molar-refractivity contribution in [1.82, 2.24) is 0 Å². The first kappa shape index (κ1) is 10.6. The Hall–Kier alpha value is -1.49. The van der Waals surface area contributed by atoms with Gasteiger partial charge in [0.1, 0.15) is 5.82 Å². The summed E-state index contributed by atoms with van der Waals surface area (Å²) in [5, 5.41) is 0.845. The Bertz CT molecular complexity index is 442. The Labute approximate surface area is 83.1 Å². The van der Waals surface area contributed by atoms with E-state index >= 15 is 0 Å². The maximum absolute atomic E-state index is 11.5. The summed E-state index contributed by atoms with van der Waals surface area (Å²) in [6.45, 7) is 1.88. The van der Waals surface area contributed by atoms with Crippen LogP contribution in [0.3, 0.4) is 0 Å². The lowest BCUT2D eigenvalue weighted by molar-refractivity contribution is 0.604. The number of sulfone groups is 1. The van der Waals surface area contributed by atoms with Crippen LogP contribution in [0.1, 0.15) is 5.56 Å². The van der Waals surface area contributed by atoms with Gasteiger partial charge in [0.2, 0.25) is 9.84 Å². The molecule has 0 aliphatic carbocycles. The fraction of sp³-hybridized carbons (Fsp3) is 0.111. The highest BCUT2D eigenvalue weighted by Crippen LogP contribution is 2.12. The molecule has 4 nitrogen and oxygen atoms in total. The molecule has 0 heterocycles. The van der Waals surface area contributed by atoms with Crippen LogP contribution in [0.25, 0.3) is 0 Å². The van der Waals surface area contributed by atoms with E-state index in [-0.39, 0.29) is 10.7 Å². The van der Waals surface area contributed by atoms with Crippen molar-refractivity contribution in [1.29, 1.82) is 0 Å². The van der Waals surface area contributed by atoms with E-state index in [2.05, 4.69) is 0 Å². The van der Waals surface area contributed by atoms with Crippen LogP contribution in [0.15, 0.2) is 40.4 Å². The van der Waals surface area contributed by atoms with Gasteiger partial charge in [0.05, 0.1) is 10.3 Å². The smallest absolute Gasteiger partial charge is 0.203 e. The second-order valence-corrected chi connectivity index (χ2v) is 4.77. The van der Waals surface area contributed by atoms with Crippen LogP contribution in [-0.4, -0.2) is 8.42 Å². The molecule has 1 rings (SSSR count). The van der Waals surface area contributed by atoms with Crippen molar-refractivity contribution in [2.24, 2.45) is 11.5 Å². The second-order valence-electron chi connectivity index (χ2n) is 2.98. The van der Waals surface area contributed by atoms with Gasteiger partial charge in [0.25, 0.3) is 0 Å². The summed E-state index contributed by atoms with van der Waals surface area (Å²) in [5.41, 5.74) is 11.2. The third kappa shape index (κ3) is 2.50. The average molecular weight is 212 g/mol. The molecule has 0 fully saturated rings. The Kier molecular flexibility index (Phi) is 2.81. The van der Waals surface area contributed by atoms with Crippen LogP contribution >= 0.6 is 0 Å². The minimum Gasteiger partial charge on any atom is -0.385 e. The number of hydrogen-bond acceptors (Lipinski definition) is 4. The Morgan fingerprint density at radius 1 is 1.21 bits per heavy atom. The standard InChI is InChI=1S/C9H12N2O2S/c1-7-2-4-8(5-3-7)14(12,13)6-9(10)11/h2-6H,10-11H2,1H3. The van der Waals surface area contributed by atoms with Gasteiger partial charge in [-0.1, -0.05) is 17.7 Å². The van der Waals surface area contributed by atoms with Crippen molar-refractivity contribution >= 4 is 9.84 Å².